The first-order chi connectivity index (χ1) is 22.1. The summed E-state index contributed by atoms with van der Waals surface area (Å²) in [6.45, 7) is 3.73. The van der Waals surface area contributed by atoms with E-state index in [9.17, 15) is 9.59 Å². The number of Topliss-reactive ketones (excluding diaryl/α,β-unsaturated/α-hetero) is 1. The molecule has 1 aliphatic heterocycles. The average molecular weight is 613 g/mol. The van der Waals surface area contributed by atoms with E-state index < -0.39 is 47.3 Å². The van der Waals surface area contributed by atoms with Crippen LogP contribution in [0.4, 0.5) is 0 Å². The standard InChI is InChI=1S/C37H40O8/c1-2-42-35(39)37-31(28-18-19-36(37,33(37)32(28)38)43-22-27-16-10-5-11-17-27)34-44-29(23-40-20-25-12-6-3-7-13-25)30(45-34)24-41-21-26-14-8-4-9-15-26/h3-17,28-31,33-34H,2,18-24H2,1H3/t28-,29+,30+,31-,33?,36+,37?/m1/s1. The highest BCUT2D eigenvalue weighted by Gasteiger charge is 2.95. The highest BCUT2D eigenvalue weighted by atomic mass is 16.7. The Balaban J connectivity index is 1.12. The minimum atomic E-state index is -1.14. The van der Waals surface area contributed by atoms with Gasteiger partial charge in [0.1, 0.15) is 23.4 Å². The Hall–Kier alpha value is -3.40. The molecule has 3 aromatic rings. The number of ether oxygens (including phenoxy) is 6. The van der Waals surface area contributed by atoms with Crippen LogP contribution in [0.2, 0.25) is 0 Å². The van der Waals surface area contributed by atoms with Crippen LogP contribution in [0.25, 0.3) is 0 Å². The summed E-state index contributed by atoms with van der Waals surface area (Å²) in [5.41, 5.74) is 1.03. The van der Waals surface area contributed by atoms with Gasteiger partial charge < -0.3 is 28.4 Å². The lowest BCUT2D eigenvalue weighted by atomic mass is 9.69. The third-order valence-corrected chi connectivity index (χ3v) is 10.0. The van der Waals surface area contributed by atoms with E-state index in [0.29, 0.717) is 32.7 Å². The molecule has 4 aliphatic carbocycles. The van der Waals surface area contributed by atoms with E-state index in [4.69, 9.17) is 28.4 Å². The predicted octanol–water partition coefficient (Wildman–Crippen LogP) is 5.27. The molecule has 8 rings (SSSR count). The van der Waals surface area contributed by atoms with E-state index in [-0.39, 0.29) is 31.5 Å². The van der Waals surface area contributed by atoms with Crippen molar-refractivity contribution in [3.63, 3.8) is 0 Å². The summed E-state index contributed by atoms with van der Waals surface area (Å²) in [5.74, 6) is -1.78. The fourth-order valence-corrected chi connectivity index (χ4v) is 8.10. The van der Waals surface area contributed by atoms with Crippen molar-refractivity contribution in [3.05, 3.63) is 108 Å². The second-order valence-corrected chi connectivity index (χ2v) is 12.5. The van der Waals surface area contributed by atoms with Gasteiger partial charge in [-0.15, -0.1) is 0 Å². The van der Waals surface area contributed by atoms with Gasteiger partial charge in [-0.2, -0.15) is 0 Å². The lowest BCUT2D eigenvalue weighted by molar-refractivity contribution is -0.194. The largest absolute Gasteiger partial charge is 0.465 e. The zero-order chi connectivity index (χ0) is 30.9. The van der Waals surface area contributed by atoms with Gasteiger partial charge in [0.25, 0.3) is 0 Å². The van der Waals surface area contributed by atoms with Crippen LogP contribution in [-0.2, 0) is 57.8 Å². The maximum atomic E-state index is 13.9. The number of fused-ring (bicyclic) bond motifs is 1. The van der Waals surface area contributed by atoms with E-state index in [1.165, 1.54) is 0 Å². The predicted molar refractivity (Wildman–Crippen MR) is 163 cm³/mol. The number of benzene rings is 3. The van der Waals surface area contributed by atoms with Gasteiger partial charge in [-0.1, -0.05) is 91.0 Å². The van der Waals surface area contributed by atoms with Crippen molar-refractivity contribution < 1.29 is 38.0 Å². The molecule has 0 aromatic heterocycles. The Morgan fingerprint density at radius 1 is 0.778 bits per heavy atom. The van der Waals surface area contributed by atoms with E-state index in [2.05, 4.69) is 0 Å². The van der Waals surface area contributed by atoms with Gasteiger partial charge >= 0.3 is 5.97 Å². The number of carbonyl (C=O) groups excluding carboxylic acids is 2. The number of hydrogen-bond donors (Lipinski definition) is 0. The molecule has 1 saturated heterocycles. The van der Waals surface area contributed by atoms with Crippen molar-refractivity contribution in [3.8, 4) is 0 Å². The van der Waals surface area contributed by atoms with Crippen molar-refractivity contribution in [1.29, 1.82) is 0 Å². The second-order valence-electron chi connectivity index (χ2n) is 12.5. The van der Waals surface area contributed by atoms with Crippen LogP contribution in [-0.4, -0.2) is 55.7 Å². The van der Waals surface area contributed by atoms with Crippen molar-refractivity contribution in [1.82, 2.24) is 0 Å². The summed E-state index contributed by atoms with van der Waals surface area (Å²) in [5, 5.41) is 0. The van der Waals surface area contributed by atoms with Gasteiger partial charge in [0, 0.05) is 11.8 Å². The van der Waals surface area contributed by atoms with Crippen molar-refractivity contribution in [2.24, 2.45) is 23.2 Å². The molecule has 7 atom stereocenters. The summed E-state index contributed by atoms with van der Waals surface area (Å²) in [4.78, 5) is 27.8. The average Bonchev–Trinajstić information content (AvgIpc) is 3.40. The highest BCUT2D eigenvalue weighted by molar-refractivity contribution is 6.05. The zero-order valence-corrected chi connectivity index (χ0v) is 25.5. The SMILES string of the molecule is CCOC(=O)C12C3C(=O)[C@H](CC[C@]31OCc1ccccc1)[C@@H]2C1O[C@@H](COCc2ccccc2)[C@H](COCc2ccccc2)O1. The molecule has 0 amide bonds. The molecule has 236 valence electrons. The molecule has 45 heavy (non-hydrogen) atoms. The molecular weight excluding hydrogens is 572 g/mol. The monoisotopic (exact) mass is 612 g/mol. The number of esters is 1. The summed E-state index contributed by atoms with van der Waals surface area (Å²) in [6, 6.07) is 29.8. The number of rotatable bonds is 14. The summed E-state index contributed by atoms with van der Waals surface area (Å²) in [7, 11) is 0. The molecule has 0 radical (unpaired) electrons. The van der Waals surface area contributed by atoms with E-state index in [1.807, 2.05) is 91.0 Å². The Bertz CT molecular complexity index is 1410. The molecule has 5 fully saturated rings. The summed E-state index contributed by atoms with van der Waals surface area (Å²) < 4.78 is 37.7. The topological polar surface area (TPSA) is 89.5 Å². The van der Waals surface area contributed by atoms with E-state index >= 15 is 0 Å². The van der Waals surface area contributed by atoms with Gasteiger partial charge in [0.2, 0.25) is 0 Å². The van der Waals surface area contributed by atoms with Crippen LogP contribution in [0, 0.1) is 23.2 Å². The van der Waals surface area contributed by atoms with Gasteiger partial charge in [-0.3, -0.25) is 9.59 Å². The lowest BCUT2D eigenvalue weighted by Gasteiger charge is -2.41. The van der Waals surface area contributed by atoms with Crippen LogP contribution < -0.4 is 0 Å². The highest BCUT2D eigenvalue weighted by Crippen LogP contribution is 2.81. The first kappa shape index (κ1) is 30.3. The number of hydrogen-bond acceptors (Lipinski definition) is 8. The third kappa shape index (κ3) is 5.32. The molecule has 2 unspecified atom stereocenters. The molecule has 0 N–H and O–H groups in total. The van der Waals surface area contributed by atoms with Gasteiger partial charge in [0.15, 0.2) is 6.29 Å². The smallest absolute Gasteiger partial charge is 0.316 e. The Labute approximate surface area is 263 Å². The number of carbonyl (C=O) groups is 2. The summed E-state index contributed by atoms with van der Waals surface area (Å²) >= 11 is 0. The molecule has 0 spiro atoms. The second kappa shape index (κ2) is 12.8. The first-order valence-electron chi connectivity index (χ1n) is 16.0. The van der Waals surface area contributed by atoms with Crippen molar-refractivity contribution >= 4 is 11.8 Å². The van der Waals surface area contributed by atoms with Crippen LogP contribution in [0.15, 0.2) is 91.0 Å². The van der Waals surface area contributed by atoms with E-state index in [0.717, 1.165) is 16.7 Å². The Kier molecular flexibility index (Phi) is 8.59. The molecule has 8 heteroatoms. The third-order valence-electron chi connectivity index (χ3n) is 10.0. The van der Waals surface area contributed by atoms with Crippen molar-refractivity contribution in [2.75, 3.05) is 19.8 Å². The van der Waals surface area contributed by atoms with Crippen LogP contribution >= 0.6 is 0 Å². The summed E-state index contributed by atoms with van der Waals surface area (Å²) in [6.07, 6.45) is -0.450. The Morgan fingerprint density at radius 3 is 1.80 bits per heavy atom. The van der Waals surface area contributed by atoms with Crippen molar-refractivity contribution in [2.45, 2.75) is 63.7 Å². The maximum absolute atomic E-state index is 13.9. The molecule has 1 heterocycles. The molecule has 8 nitrogen and oxygen atoms in total. The maximum Gasteiger partial charge on any atom is 0.316 e. The first-order valence-corrected chi connectivity index (χ1v) is 16.0. The quantitative estimate of drug-likeness (QED) is 0.228. The van der Waals surface area contributed by atoms with Crippen LogP contribution in [0.3, 0.4) is 0 Å². The fraction of sp³-hybridized carbons (Fsp3) is 0.459. The Morgan fingerprint density at radius 2 is 1.29 bits per heavy atom. The molecule has 3 aromatic carbocycles. The molecule has 5 aliphatic rings. The molecular formula is C37H40O8. The van der Waals surface area contributed by atoms with Crippen LogP contribution in [0.5, 0.6) is 0 Å². The normalized spacial score (nSPS) is 31.7. The molecule has 4 bridgehead atoms. The van der Waals surface area contributed by atoms with Crippen LogP contribution in [0.1, 0.15) is 36.5 Å². The van der Waals surface area contributed by atoms with Gasteiger partial charge in [-0.25, -0.2) is 0 Å². The number of ketones is 1. The van der Waals surface area contributed by atoms with Gasteiger partial charge in [-0.05, 0) is 36.5 Å². The molecule has 4 saturated carbocycles. The zero-order valence-electron chi connectivity index (χ0n) is 25.5. The minimum Gasteiger partial charge on any atom is -0.465 e. The van der Waals surface area contributed by atoms with Gasteiger partial charge in [0.05, 0.1) is 51.2 Å². The van der Waals surface area contributed by atoms with E-state index in [1.54, 1.807) is 6.92 Å². The minimum absolute atomic E-state index is 0.0558. The lowest BCUT2D eigenvalue weighted by Crippen LogP contribution is -2.51. The fourth-order valence-electron chi connectivity index (χ4n) is 8.10.